The molecule has 0 radical (unpaired) electrons. The van der Waals surface area contributed by atoms with E-state index in [4.69, 9.17) is 0 Å². The molecule has 1 N–H and O–H groups in total. The number of benzene rings is 1. The van der Waals surface area contributed by atoms with Gasteiger partial charge in [-0.1, -0.05) is 36.0 Å². The molecule has 1 aromatic carbocycles. The van der Waals surface area contributed by atoms with Crippen molar-refractivity contribution >= 4 is 17.7 Å². The van der Waals surface area contributed by atoms with E-state index in [0.717, 1.165) is 35.8 Å². The SMILES string of the molecule is C[C@H](Sc1nnc(-c2ccncc2)n1C)C(=O)N[C@H]1CCCc2ccccc21. The summed E-state index contributed by atoms with van der Waals surface area (Å²) in [5.74, 6) is 0.791. The molecule has 0 saturated heterocycles. The van der Waals surface area contributed by atoms with Gasteiger partial charge in [0.1, 0.15) is 0 Å². The summed E-state index contributed by atoms with van der Waals surface area (Å²) in [5.41, 5.74) is 3.54. The smallest absolute Gasteiger partial charge is 0.233 e. The highest BCUT2D eigenvalue weighted by molar-refractivity contribution is 8.00. The summed E-state index contributed by atoms with van der Waals surface area (Å²) in [6, 6.07) is 12.3. The molecule has 2 aromatic heterocycles. The van der Waals surface area contributed by atoms with Crippen LogP contribution in [-0.4, -0.2) is 30.9 Å². The summed E-state index contributed by atoms with van der Waals surface area (Å²) in [5, 5.41) is 12.2. The van der Waals surface area contributed by atoms with Gasteiger partial charge in [0.05, 0.1) is 11.3 Å². The number of rotatable bonds is 5. The Bertz CT molecular complexity index is 972. The van der Waals surface area contributed by atoms with Crippen LogP contribution in [0, 0.1) is 0 Å². The van der Waals surface area contributed by atoms with Gasteiger partial charge in [-0.05, 0) is 49.4 Å². The predicted octanol–water partition coefficient (Wildman–Crippen LogP) is 3.55. The highest BCUT2D eigenvalue weighted by Crippen LogP contribution is 2.31. The van der Waals surface area contributed by atoms with Crippen LogP contribution in [0.25, 0.3) is 11.4 Å². The molecule has 3 aromatic rings. The molecule has 28 heavy (non-hydrogen) atoms. The Kier molecular flexibility index (Phi) is 5.43. The molecule has 0 saturated carbocycles. The van der Waals surface area contributed by atoms with Crippen molar-refractivity contribution in [3.8, 4) is 11.4 Å². The van der Waals surface area contributed by atoms with Gasteiger partial charge >= 0.3 is 0 Å². The molecule has 1 amide bonds. The average molecular weight is 394 g/mol. The number of amides is 1. The molecule has 0 unspecified atom stereocenters. The Morgan fingerprint density at radius 1 is 1.21 bits per heavy atom. The summed E-state index contributed by atoms with van der Waals surface area (Å²) in [7, 11) is 1.92. The first-order valence-electron chi connectivity index (χ1n) is 9.48. The van der Waals surface area contributed by atoms with Crippen LogP contribution in [0.4, 0.5) is 0 Å². The van der Waals surface area contributed by atoms with Crippen LogP contribution < -0.4 is 5.32 Å². The zero-order chi connectivity index (χ0) is 19.5. The fraction of sp³-hybridized carbons (Fsp3) is 0.333. The average Bonchev–Trinajstić information content (AvgIpc) is 3.09. The van der Waals surface area contributed by atoms with Gasteiger partial charge in [-0.15, -0.1) is 10.2 Å². The maximum Gasteiger partial charge on any atom is 0.233 e. The van der Waals surface area contributed by atoms with Gasteiger partial charge in [-0.3, -0.25) is 9.78 Å². The van der Waals surface area contributed by atoms with E-state index in [9.17, 15) is 4.79 Å². The second kappa shape index (κ2) is 8.14. The molecule has 4 rings (SSSR count). The van der Waals surface area contributed by atoms with Crippen LogP contribution in [0.5, 0.6) is 0 Å². The van der Waals surface area contributed by atoms with Crippen molar-refractivity contribution in [1.82, 2.24) is 25.1 Å². The molecule has 7 heteroatoms. The van der Waals surface area contributed by atoms with E-state index in [2.05, 4.69) is 38.7 Å². The van der Waals surface area contributed by atoms with Gasteiger partial charge in [-0.2, -0.15) is 0 Å². The zero-order valence-corrected chi connectivity index (χ0v) is 16.8. The summed E-state index contributed by atoms with van der Waals surface area (Å²) >= 11 is 1.43. The summed E-state index contributed by atoms with van der Waals surface area (Å²) in [6.07, 6.45) is 6.63. The van der Waals surface area contributed by atoms with Crippen molar-refractivity contribution in [1.29, 1.82) is 0 Å². The summed E-state index contributed by atoms with van der Waals surface area (Å²) in [4.78, 5) is 16.9. The van der Waals surface area contributed by atoms with Crippen molar-refractivity contribution in [3.63, 3.8) is 0 Å². The molecule has 1 aliphatic rings. The molecule has 6 nitrogen and oxygen atoms in total. The van der Waals surface area contributed by atoms with Crippen LogP contribution in [0.2, 0.25) is 0 Å². The van der Waals surface area contributed by atoms with Gasteiger partial charge in [0, 0.05) is 25.0 Å². The Morgan fingerprint density at radius 2 is 2.00 bits per heavy atom. The molecule has 0 aliphatic heterocycles. The van der Waals surface area contributed by atoms with E-state index in [1.807, 2.05) is 36.7 Å². The predicted molar refractivity (Wildman–Crippen MR) is 110 cm³/mol. The van der Waals surface area contributed by atoms with Crippen molar-refractivity contribution in [2.45, 2.75) is 42.6 Å². The topological polar surface area (TPSA) is 72.7 Å². The zero-order valence-electron chi connectivity index (χ0n) is 16.0. The molecule has 144 valence electrons. The first-order chi connectivity index (χ1) is 13.6. The third-order valence-electron chi connectivity index (χ3n) is 5.11. The minimum Gasteiger partial charge on any atom is -0.348 e. The van der Waals surface area contributed by atoms with Crippen molar-refractivity contribution in [2.24, 2.45) is 7.05 Å². The number of aryl methyl sites for hydroxylation is 1. The standard InChI is InChI=1S/C21H23N5OS/c1-14(20(27)23-18-9-5-7-15-6-3-4-8-17(15)18)28-21-25-24-19(26(21)2)16-10-12-22-13-11-16/h3-4,6,8,10-14,18H,5,7,9H2,1-2H3,(H,23,27)/t14-,18-/m0/s1. The number of fused-ring (bicyclic) bond motifs is 1. The lowest BCUT2D eigenvalue weighted by Crippen LogP contribution is -2.36. The third-order valence-corrected chi connectivity index (χ3v) is 6.24. The molecule has 0 spiro atoms. The minimum atomic E-state index is -0.262. The monoisotopic (exact) mass is 393 g/mol. The fourth-order valence-electron chi connectivity index (χ4n) is 3.57. The Balaban J connectivity index is 1.44. The summed E-state index contributed by atoms with van der Waals surface area (Å²) in [6.45, 7) is 1.91. The molecule has 2 atom stereocenters. The Labute approximate surface area is 168 Å². The number of hydrogen-bond donors (Lipinski definition) is 1. The molecule has 2 heterocycles. The summed E-state index contributed by atoms with van der Waals surface area (Å²) < 4.78 is 1.92. The first-order valence-corrected chi connectivity index (χ1v) is 10.4. The van der Waals surface area contributed by atoms with Crippen LogP contribution in [-0.2, 0) is 18.3 Å². The molecular weight excluding hydrogens is 370 g/mol. The second-order valence-corrected chi connectivity index (χ2v) is 8.32. The second-order valence-electron chi connectivity index (χ2n) is 7.01. The van der Waals surface area contributed by atoms with E-state index in [0.29, 0.717) is 0 Å². The molecule has 1 aliphatic carbocycles. The van der Waals surface area contributed by atoms with Gasteiger partial charge in [0.15, 0.2) is 11.0 Å². The van der Waals surface area contributed by atoms with E-state index >= 15 is 0 Å². The minimum absolute atomic E-state index is 0.0279. The number of pyridine rings is 1. The third kappa shape index (κ3) is 3.80. The highest BCUT2D eigenvalue weighted by Gasteiger charge is 2.25. The lowest BCUT2D eigenvalue weighted by atomic mass is 9.88. The Morgan fingerprint density at radius 3 is 2.82 bits per heavy atom. The van der Waals surface area contributed by atoms with E-state index in [-0.39, 0.29) is 17.2 Å². The fourth-order valence-corrected chi connectivity index (χ4v) is 4.40. The number of nitrogens with zero attached hydrogens (tertiary/aromatic N) is 4. The van der Waals surface area contributed by atoms with Crippen molar-refractivity contribution < 1.29 is 4.79 Å². The molecule has 0 fully saturated rings. The quantitative estimate of drug-likeness (QED) is 0.671. The first kappa shape index (κ1) is 18.7. The van der Waals surface area contributed by atoms with Crippen LogP contribution in [0.3, 0.4) is 0 Å². The van der Waals surface area contributed by atoms with Crippen LogP contribution in [0.15, 0.2) is 53.9 Å². The van der Waals surface area contributed by atoms with Gasteiger partial charge in [-0.25, -0.2) is 0 Å². The Hall–Kier alpha value is -2.67. The number of nitrogens with one attached hydrogen (secondary N) is 1. The highest BCUT2D eigenvalue weighted by atomic mass is 32.2. The number of carbonyl (C=O) groups is 1. The molecular formula is C21H23N5OS. The van der Waals surface area contributed by atoms with E-state index in [1.54, 1.807) is 12.4 Å². The maximum atomic E-state index is 12.8. The number of carbonyl (C=O) groups excluding carboxylic acids is 1. The normalized spacial score (nSPS) is 17.0. The van der Waals surface area contributed by atoms with Crippen molar-refractivity contribution in [3.05, 3.63) is 59.9 Å². The maximum absolute atomic E-state index is 12.8. The van der Waals surface area contributed by atoms with Gasteiger partial charge < -0.3 is 9.88 Å². The number of hydrogen-bond acceptors (Lipinski definition) is 5. The lowest BCUT2D eigenvalue weighted by Gasteiger charge is -2.27. The van der Waals surface area contributed by atoms with Crippen molar-refractivity contribution in [2.75, 3.05) is 0 Å². The number of thioether (sulfide) groups is 1. The molecule has 0 bridgehead atoms. The van der Waals surface area contributed by atoms with Crippen LogP contribution >= 0.6 is 11.8 Å². The number of aromatic nitrogens is 4. The lowest BCUT2D eigenvalue weighted by molar-refractivity contribution is -0.121. The van der Waals surface area contributed by atoms with E-state index in [1.165, 1.54) is 22.9 Å². The van der Waals surface area contributed by atoms with E-state index < -0.39 is 0 Å². The van der Waals surface area contributed by atoms with Gasteiger partial charge in [0.2, 0.25) is 5.91 Å². The van der Waals surface area contributed by atoms with Crippen LogP contribution in [0.1, 0.15) is 36.9 Å². The van der Waals surface area contributed by atoms with Gasteiger partial charge in [0.25, 0.3) is 0 Å². The largest absolute Gasteiger partial charge is 0.348 e.